The summed E-state index contributed by atoms with van der Waals surface area (Å²) in [5.41, 5.74) is 4.04. The number of hydrogen-bond acceptors (Lipinski definition) is 8. The second-order valence-corrected chi connectivity index (χ2v) is 17.7. The van der Waals surface area contributed by atoms with Crippen molar-refractivity contribution in [3.63, 3.8) is 0 Å². The van der Waals surface area contributed by atoms with Crippen LogP contribution in [0.15, 0.2) is 97.2 Å². The summed E-state index contributed by atoms with van der Waals surface area (Å²) in [6.07, 6.45) is 1.02. The highest BCUT2D eigenvalue weighted by Gasteiger charge is 2.46. The number of aliphatic hydroxyl groups excluding tert-OH is 1. The minimum Gasteiger partial charge on any atom is -0.453 e. The molecular weight excluding hydrogens is 759 g/mol. The summed E-state index contributed by atoms with van der Waals surface area (Å²) in [7, 11) is 1.28. The minimum atomic E-state index is -1.07. The van der Waals surface area contributed by atoms with Gasteiger partial charge in [0.25, 0.3) is 0 Å². The zero-order valence-electron chi connectivity index (χ0n) is 35.9. The van der Waals surface area contributed by atoms with Gasteiger partial charge < -0.3 is 36.0 Å². The number of carbonyl (C=O) groups excluding carboxylic acids is 4. The van der Waals surface area contributed by atoms with Crippen molar-refractivity contribution in [2.24, 2.45) is 16.7 Å². The third-order valence-corrected chi connectivity index (χ3v) is 10.9. The Hall–Kier alpha value is -5.82. The van der Waals surface area contributed by atoms with Crippen molar-refractivity contribution in [3.8, 4) is 11.3 Å². The molecule has 1 fully saturated rings. The van der Waals surface area contributed by atoms with Gasteiger partial charge in [-0.05, 0) is 72.4 Å². The van der Waals surface area contributed by atoms with Crippen LogP contribution < -0.4 is 21.3 Å². The number of rotatable bonds is 18. The molecular formula is C47H61N7O6. The van der Waals surface area contributed by atoms with Crippen LogP contribution in [0.5, 0.6) is 0 Å². The van der Waals surface area contributed by atoms with E-state index in [-0.39, 0.29) is 43.8 Å². The number of hydrogen-bond donors (Lipinski definition) is 5. The van der Waals surface area contributed by atoms with Crippen molar-refractivity contribution in [1.82, 2.24) is 36.1 Å². The largest absolute Gasteiger partial charge is 0.453 e. The minimum absolute atomic E-state index is 0.0771. The predicted octanol–water partition coefficient (Wildman–Crippen LogP) is 5.99. The van der Waals surface area contributed by atoms with Gasteiger partial charge in [0.15, 0.2) is 0 Å². The predicted molar refractivity (Wildman–Crippen MR) is 231 cm³/mol. The molecule has 1 aliphatic rings. The number of alkyl carbamates (subject to hydrolysis) is 1. The van der Waals surface area contributed by atoms with Gasteiger partial charge in [0, 0.05) is 43.0 Å². The monoisotopic (exact) mass is 819 g/mol. The van der Waals surface area contributed by atoms with Crippen molar-refractivity contribution in [2.45, 2.75) is 98.0 Å². The van der Waals surface area contributed by atoms with Crippen molar-refractivity contribution in [3.05, 3.63) is 120 Å². The maximum atomic E-state index is 14.8. The van der Waals surface area contributed by atoms with E-state index in [1.54, 1.807) is 11.1 Å². The van der Waals surface area contributed by atoms with E-state index in [1.807, 2.05) is 133 Å². The number of aryl methyl sites for hydroxylation is 1. The number of aliphatic hydroxyl groups is 1. The van der Waals surface area contributed by atoms with Gasteiger partial charge in [0.1, 0.15) is 0 Å². The topological polar surface area (TPSA) is 175 Å². The Bertz CT molecular complexity index is 2040. The van der Waals surface area contributed by atoms with E-state index >= 15 is 0 Å². The van der Waals surface area contributed by atoms with Crippen LogP contribution in [0.3, 0.4) is 0 Å². The van der Waals surface area contributed by atoms with Crippen LogP contribution in [0.4, 0.5) is 9.59 Å². The maximum absolute atomic E-state index is 14.8. The SMILES string of the molecule is COC(=O)NCC(C)(C)CC(=O)NC(Cc1ccccc1)C(O)CC(Cc1ccc(-c2ccccn2)cc1)NC(=O)C(C1CNC(=O)N1Cc1cccc(C)n1)C(C)(C)C. The summed E-state index contributed by atoms with van der Waals surface area (Å²) >= 11 is 0. The lowest BCUT2D eigenvalue weighted by Gasteiger charge is -2.38. The molecule has 5 unspecified atom stereocenters. The Labute approximate surface area is 354 Å². The molecule has 2 aromatic carbocycles. The number of nitrogens with zero attached hydrogens (tertiary/aromatic N) is 3. The first-order valence-corrected chi connectivity index (χ1v) is 20.6. The summed E-state index contributed by atoms with van der Waals surface area (Å²) in [5, 5.41) is 24.2. The molecule has 0 bridgehead atoms. The van der Waals surface area contributed by atoms with Gasteiger partial charge in [-0.3, -0.25) is 19.6 Å². The second-order valence-electron chi connectivity index (χ2n) is 17.7. The molecule has 2 aromatic heterocycles. The molecule has 5 N–H and O–H groups in total. The lowest BCUT2D eigenvalue weighted by molar-refractivity contribution is -0.132. The van der Waals surface area contributed by atoms with E-state index in [9.17, 15) is 24.3 Å². The third kappa shape index (κ3) is 13.1. The van der Waals surface area contributed by atoms with Gasteiger partial charge in [-0.2, -0.15) is 0 Å². The number of carbonyl (C=O) groups is 4. The van der Waals surface area contributed by atoms with Crippen LogP contribution in [0.25, 0.3) is 11.3 Å². The molecule has 0 spiro atoms. The molecule has 5 amide bonds. The van der Waals surface area contributed by atoms with Gasteiger partial charge in [0.2, 0.25) is 11.8 Å². The average molecular weight is 820 g/mol. The molecule has 1 saturated heterocycles. The third-order valence-electron chi connectivity index (χ3n) is 10.9. The Kier molecular flexibility index (Phi) is 15.4. The lowest BCUT2D eigenvalue weighted by Crippen LogP contribution is -2.54. The van der Waals surface area contributed by atoms with Crippen LogP contribution in [-0.2, 0) is 33.7 Å². The highest BCUT2D eigenvalue weighted by atomic mass is 16.5. The summed E-state index contributed by atoms with van der Waals surface area (Å²) in [4.78, 5) is 64.3. The number of amides is 5. The van der Waals surface area contributed by atoms with Crippen molar-refractivity contribution in [2.75, 3.05) is 20.2 Å². The van der Waals surface area contributed by atoms with Gasteiger partial charge in [-0.25, -0.2) is 9.59 Å². The standard InChI is InChI=1S/C47H61N7O6/c1-31-14-13-17-35(51-31)29-54-39(28-49-44(54)58)42(46(2,3)4)43(57)52-36(24-33-19-21-34(22-20-33)37-18-11-12-23-48-37)26-40(55)38(25-32-15-9-8-10-16-32)53-41(56)27-47(5,6)30-50-45(59)60-7/h8-23,36,38-40,42,55H,24-30H2,1-7H3,(H,49,58)(H,50,59)(H,52,57)(H,53,56). The first-order chi connectivity index (χ1) is 28.5. The van der Waals surface area contributed by atoms with Crippen molar-refractivity contribution in [1.29, 1.82) is 0 Å². The fourth-order valence-corrected chi connectivity index (χ4v) is 7.91. The molecule has 5 atom stereocenters. The lowest BCUT2D eigenvalue weighted by atomic mass is 9.75. The number of benzene rings is 2. The fraction of sp³-hybridized carbons (Fsp3) is 0.447. The molecule has 0 aliphatic carbocycles. The molecule has 1 aliphatic heterocycles. The smallest absolute Gasteiger partial charge is 0.406 e. The number of nitrogens with one attached hydrogen (secondary N) is 4. The van der Waals surface area contributed by atoms with Crippen LogP contribution in [-0.4, -0.2) is 88.3 Å². The molecule has 320 valence electrons. The number of aromatic nitrogens is 2. The number of urea groups is 1. The molecule has 5 rings (SSSR count). The van der Waals surface area contributed by atoms with Gasteiger partial charge in [-0.1, -0.05) is 101 Å². The van der Waals surface area contributed by atoms with Crippen molar-refractivity contribution < 1.29 is 29.0 Å². The highest BCUT2D eigenvalue weighted by Crippen LogP contribution is 2.34. The first-order valence-electron chi connectivity index (χ1n) is 20.6. The Morgan fingerprint density at radius 2 is 1.60 bits per heavy atom. The first kappa shape index (κ1) is 45.3. The summed E-state index contributed by atoms with van der Waals surface area (Å²) in [6, 6.07) is 27.1. The number of pyridine rings is 2. The Morgan fingerprint density at radius 3 is 2.25 bits per heavy atom. The molecule has 13 heteroatoms. The Morgan fingerprint density at radius 1 is 0.900 bits per heavy atom. The van der Waals surface area contributed by atoms with Gasteiger partial charge in [0.05, 0.1) is 49.1 Å². The average Bonchev–Trinajstić information content (AvgIpc) is 3.54. The van der Waals surface area contributed by atoms with E-state index < -0.39 is 47.1 Å². The fourth-order valence-electron chi connectivity index (χ4n) is 7.91. The quantitative estimate of drug-likeness (QED) is 0.0815. The summed E-state index contributed by atoms with van der Waals surface area (Å²) < 4.78 is 4.71. The van der Waals surface area contributed by atoms with E-state index in [0.29, 0.717) is 19.4 Å². The molecule has 0 saturated carbocycles. The zero-order chi connectivity index (χ0) is 43.5. The van der Waals surface area contributed by atoms with E-state index in [0.717, 1.165) is 33.8 Å². The summed E-state index contributed by atoms with van der Waals surface area (Å²) in [6.45, 7) is 12.4. The van der Waals surface area contributed by atoms with E-state index in [2.05, 4.69) is 31.2 Å². The van der Waals surface area contributed by atoms with Crippen molar-refractivity contribution >= 4 is 23.9 Å². The number of ether oxygens (including phenoxy) is 1. The van der Waals surface area contributed by atoms with E-state index in [4.69, 9.17) is 4.74 Å². The zero-order valence-corrected chi connectivity index (χ0v) is 35.9. The van der Waals surface area contributed by atoms with Gasteiger partial charge in [-0.15, -0.1) is 0 Å². The molecule has 60 heavy (non-hydrogen) atoms. The molecule has 3 heterocycles. The highest BCUT2D eigenvalue weighted by molar-refractivity contribution is 5.84. The molecule has 0 radical (unpaired) electrons. The second kappa shape index (κ2) is 20.4. The summed E-state index contributed by atoms with van der Waals surface area (Å²) in [5.74, 6) is -1.16. The Balaban J connectivity index is 1.42. The van der Waals surface area contributed by atoms with Crippen LogP contribution >= 0.6 is 0 Å². The maximum Gasteiger partial charge on any atom is 0.406 e. The van der Waals surface area contributed by atoms with Crippen LogP contribution in [0.2, 0.25) is 0 Å². The van der Waals surface area contributed by atoms with Crippen LogP contribution in [0.1, 0.15) is 70.0 Å². The molecule has 4 aromatic rings. The van der Waals surface area contributed by atoms with Gasteiger partial charge >= 0.3 is 12.1 Å². The molecule has 13 nitrogen and oxygen atoms in total. The number of methoxy groups -OCH3 is 1. The normalized spacial score (nSPS) is 16.2. The van der Waals surface area contributed by atoms with E-state index in [1.165, 1.54) is 7.11 Å². The van der Waals surface area contributed by atoms with Crippen LogP contribution in [0, 0.1) is 23.7 Å².